The highest BCUT2D eigenvalue weighted by atomic mass is 79.9. The molecule has 0 aromatic carbocycles. The van der Waals surface area contributed by atoms with Gasteiger partial charge in [0.2, 0.25) is 0 Å². The summed E-state index contributed by atoms with van der Waals surface area (Å²) in [4.78, 5) is 10.4. The van der Waals surface area contributed by atoms with Gasteiger partial charge in [0.05, 0.1) is 18.8 Å². The molecule has 0 bridgehead atoms. The molecule has 0 fully saturated rings. The second-order valence-electron chi connectivity index (χ2n) is 4.17. The molecular weight excluding hydrogens is 470 g/mol. The zero-order valence-electron chi connectivity index (χ0n) is 11.1. The fourth-order valence-corrected chi connectivity index (χ4v) is 4.23. The van der Waals surface area contributed by atoms with E-state index in [1.54, 1.807) is 11.3 Å². The van der Waals surface area contributed by atoms with Gasteiger partial charge in [-0.05, 0) is 67.2 Å². The van der Waals surface area contributed by atoms with Crippen LogP contribution >= 0.6 is 59.1 Å². The van der Waals surface area contributed by atoms with Crippen LogP contribution in [0.1, 0.15) is 26.0 Å². The van der Waals surface area contributed by atoms with Crippen molar-refractivity contribution >= 4 is 64.9 Å². The molecule has 108 valence electrons. The Hall–Kier alpha value is 0.0200. The Kier molecular flexibility index (Phi) is 6.01. The summed E-state index contributed by atoms with van der Waals surface area (Å²) in [6, 6.07) is 2.05. The highest BCUT2D eigenvalue weighted by Gasteiger charge is 2.15. The Morgan fingerprint density at radius 3 is 2.50 bits per heavy atom. The van der Waals surface area contributed by atoms with E-state index in [1.807, 2.05) is 6.07 Å². The molecule has 0 spiro atoms. The Morgan fingerprint density at radius 1 is 1.20 bits per heavy atom. The van der Waals surface area contributed by atoms with Crippen LogP contribution in [0.4, 0.5) is 5.82 Å². The molecule has 0 amide bonds. The lowest BCUT2D eigenvalue weighted by Gasteiger charge is -2.11. The van der Waals surface area contributed by atoms with Gasteiger partial charge in [-0.15, -0.1) is 11.3 Å². The number of anilines is 1. The summed E-state index contributed by atoms with van der Waals surface area (Å²) in [5.74, 6) is 1.63. The van der Waals surface area contributed by atoms with Crippen LogP contribution in [0.5, 0.6) is 0 Å². The summed E-state index contributed by atoms with van der Waals surface area (Å²) in [6.45, 7) is 5.05. The minimum atomic E-state index is 0.768. The number of halogens is 3. The molecule has 1 N–H and O–H groups in total. The molecule has 0 atom stereocenters. The van der Waals surface area contributed by atoms with E-state index in [4.69, 9.17) is 4.98 Å². The largest absolute Gasteiger partial charge is 0.369 e. The normalized spacial score (nSPS) is 10.8. The summed E-state index contributed by atoms with van der Waals surface area (Å²) < 4.78 is 3.06. The second kappa shape index (κ2) is 7.33. The zero-order chi connectivity index (χ0) is 14.7. The van der Waals surface area contributed by atoms with E-state index in [1.165, 1.54) is 0 Å². The molecule has 0 aliphatic heterocycles. The number of rotatable bonds is 5. The first kappa shape index (κ1) is 16.4. The smallest absolute Gasteiger partial charge is 0.172 e. The lowest BCUT2D eigenvalue weighted by molar-refractivity contribution is 0.868. The monoisotopic (exact) mass is 481 g/mol. The van der Waals surface area contributed by atoms with Crippen LogP contribution < -0.4 is 5.32 Å². The highest BCUT2D eigenvalue weighted by Crippen LogP contribution is 2.38. The predicted octanol–water partition coefficient (Wildman–Crippen LogP) is 5.88. The van der Waals surface area contributed by atoms with Crippen LogP contribution in [0.15, 0.2) is 18.8 Å². The van der Waals surface area contributed by atoms with E-state index in [0.717, 1.165) is 54.3 Å². The fourth-order valence-electron chi connectivity index (χ4n) is 1.75. The number of aromatic nitrogens is 2. The van der Waals surface area contributed by atoms with Crippen molar-refractivity contribution in [2.24, 2.45) is 0 Å². The van der Waals surface area contributed by atoms with Gasteiger partial charge in [0.25, 0.3) is 0 Å². The molecule has 20 heavy (non-hydrogen) atoms. The third-order valence-corrected chi connectivity index (χ3v) is 6.70. The molecule has 2 aromatic heterocycles. The summed E-state index contributed by atoms with van der Waals surface area (Å²) >= 11 is 12.3. The van der Waals surface area contributed by atoms with Crippen molar-refractivity contribution in [3.8, 4) is 10.7 Å². The first-order valence-corrected chi connectivity index (χ1v) is 9.51. The van der Waals surface area contributed by atoms with Gasteiger partial charge in [-0.2, -0.15) is 0 Å². The van der Waals surface area contributed by atoms with Crippen molar-refractivity contribution in [3.05, 3.63) is 24.5 Å². The number of nitrogens with zero attached hydrogens (tertiary/aromatic N) is 2. The minimum absolute atomic E-state index is 0.768. The average Bonchev–Trinajstić information content (AvgIpc) is 2.75. The molecule has 0 radical (unpaired) electrons. The fraction of sp³-hybridized carbons (Fsp3) is 0.385. The van der Waals surface area contributed by atoms with Crippen LogP contribution in [0, 0.1) is 0 Å². The SMILES string of the molecule is CCCc1nc(-c2cc(Br)c(Br)s2)nc(NCC)c1Br. The van der Waals surface area contributed by atoms with Crippen LogP contribution in [-0.2, 0) is 6.42 Å². The Balaban J connectivity index is 2.52. The van der Waals surface area contributed by atoms with Gasteiger partial charge in [-0.25, -0.2) is 9.97 Å². The molecule has 0 saturated heterocycles. The van der Waals surface area contributed by atoms with Crippen molar-refractivity contribution in [1.82, 2.24) is 9.97 Å². The van der Waals surface area contributed by atoms with Gasteiger partial charge in [-0.3, -0.25) is 0 Å². The second-order valence-corrected chi connectivity index (χ2v) is 8.19. The predicted molar refractivity (Wildman–Crippen MR) is 96.6 cm³/mol. The van der Waals surface area contributed by atoms with Gasteiger partial charge in [0, 0.05) is 11.0 Å². The number of aryl methyl sites for hydroxylation is 1. The molecule has 0 saturated carbocycles. The highest BCUT2D eigenvalue weighted by molar-refractivity contribution is 9.13. The maximum atomic E-state index is 4.70. The molecule has 3 nitrogen and oxygen atoms in total. The number of nitrogens with one attached hydrogen (secondary N) is 1. The van der Waals surface area contributed by atoms with Crippen molar-refractivity contribution in [3.63, 3.8) is 0 Å². The van der Waals surface area contributed by atoms with E-state index in [0.29, 0.717) is 0 Å². The third kappa shape index (κ3) is 3.61. The summed E-state index contributed by atoms with van der Waals surface area (Å²) in [6.07, 6.45) is 1.99. The lowest BCUT2D eigenvalue weighted by Crippen LogP contribution is -2.05. The van der Waals surface area contributed by atoms with Gasteiger partial charge < -0.3 is 5.32 Å². The number of hydrogen-bond acceptors (Lipinski definition) is 4. The maximum Gasteiger partial charge on any atom is 0.172 e. The Labute approximate surface area is 148 Å². The van der Waals surface area contributed by atoms with Gasteiger partial charge in [0.1, 0.15) is 5.82 Å². The Bertz CT molecular complexity index is 566. The summed E-state index contributed by atoms with van der Waals surface area (Å²) in [5, 5.41) is 3.29. The first-order chi connectivity index (χ1) is 9.56. The third-order valence-electron chi connectivity index (χ3n) is 2.62. The molecular formula is C13H14Br3N3S. The molecule has 2 heterocycles. The summed E-state index contributed by atoms with van der Waals surface area (Å²) in [7, 11) is 0. The van der Waals surface area contributed by atoms with Crippen LogP contribution in [0.2, 0.25) is 0 Å². The Morgan fingerprint density at radius 2 is 1.95 bits per heavy atom. The van der Waals surface area contributed by atoms with Crippen molar-refractivity contribution in [2.75, 3.05) is 11.9 Å². The van der Waals surface area contributed by atoms with E-state index in [-0.39, 0.29) is 0 Å². The maximum absolute atomic E-state index is 4.70. The number of thiophene rings is 1. The van der Waals surface area contributed by atoms with Crippen molar-refractivity contribution in [1.29, 1.82) is 0 Å². The van der Waals surface area contributed by atoms with E-state index in [2.05, 4.69) is 71.9 Å². The van der Waals surface area contributed by atoms with Crippen molar-refractivity contribution < 1.29 is 0 Å². The van der Waals surface area contributed by atoms with E-state index in [9.17, 15) is 0 Å². The molecule has 0 unspecified atom stereocenters. The molecule has 7 heteroatoms. The van der Waals surface area contributed by atoms with E-state index >= 15 is 0 Å². The lowest BCUT2D eigenvalue weighted by atomic mass is 10.2. The average molecular weight is 484 g/mol. The van der Waals surface area contributed by atoms with Gasteiger partial charge in [0.15, 0.2) is 5.82 Å². The molecule has 0 aliphatic rings. The van der Waals surface area contributed by atoms with Gasteiger partial charge >= 0.3 is 0 Å². The molecule has 0 aliphatic carbocycles. The standard InChI is InChI=1S/C13H14Br3N3S/c1-3-5-8-10(15)13(17-4-2)19-12(18-8)9-6-7(14)11(16)20-9/h6H,3-5H2,1-2H3,(H,17,18,19). The number of hydrogen-bond donors (Lipinski definition) is 1. The molecule has 2 aromatic rings. The van der Waals surface area contributed by atoms with Crippen molar-refractivity contribution in [2.45, 2.75) is 26.7 Å². The minimum Gasteiger partial charge on any atom is -0.369 e. The van der Waals surface area contributed by atoms with Crippen LogP contribution in [0.25, 0.3) is 10.7 Å². The van der Waals surface area contributed by atoms with Gasteiger partial charge in [-0.1, -0.05) is 13.3 Å². The van der Waals surface area contributed by atoms with E-state index < -0.39 is 0 Å². The zero-order valence-corrected chi connectivity index (χ0v) is 16.7. The topological polar surface area (TPSA) is 37.8 Å². The quantitative estimate of drug-likeness (QED) is 0.577. The van der Waals surface area contributed by atoms with Crippen LogP contribution in [-0.4, -0.2) is 16.5 Å². The molecule has 2 rings (SSSR count). The summed E-state index contributed by atoms with van der Waals surface area (Å²) in [5.41, 5.74) is 1.05. The van der Waals surface area contributed by atoms with Crippen LogP contribution in [0.3, 0.4) is 0 Å². The first-order valence-electron chi connectivity index (χ1n) is 6.32.